The predicted octanol–water partition coefficient (Wildman–Crippen LogP) is 2.95. The van der Waals surface area contributed by atoms with Crippen molar-refractivity contribution in [1.82, 2.24) is 5.32 Å². The van der Waals surface area contributed by atoms with Crippen molar-refractivity contribution in [1.29, 1.82) is 0 Å². The van der Waals surface area contributed by atoms with Gasteiger partial charge >= 0.3 is 12.1 Å². The number of allylic oxidation sites excluding steroid dienone is 1. The summed E-state index contributed by atoms with van der Waals surface area (Å²) in [6, 6.07) is 9.89. The molecule has 6 nitrogen and oxygen atoms in total. The summed E-state index contributed by atoms with van der Waals surface area (Å²) in [7, 11) is 1.34. The minimum Gasteiger partial charge on any atom is -0.466 e. The summed E-state index contributed by atoms with van der Waals surface area (Å²) in [5.41, 5.74) is 2.67. The minimum absolute atomic E-state index is 0.0849. The van der Waals surface area contributed by atoms with E-state index < -0.39 is 18.4 Å². The number of hydrogen-bond acceptors (Lipinski definition) is 5. The molecule has 3 unspecified atom stereocenters. The van der Waals surface area contributed by atoms with Crippen LogP contribution in [-0.2, 0) is 25.4 Å². The fraction of sp³-hybridized carbons (Fsp3) is 0.400. The molecule has 1 aliphatic heterocycles. The Morgan fingerprint density at radius 1 is 1.27 bits per heavy atom. The first kappa shape index (κ1) is 18.0. The lowest BCUT2D eigenvalue weighted by molar-refractivity contribution is -0.141. The topological polar surface area (TPSA) is 73.9 Å². The number of amides is 1. The van der Waals surface area contributed by atoms with E-state index in [4.69, 9.17) is 14.2 Å². The molecule has 0 bridgehead atoms. The van der Waals surface area contributed by atoms with Gasteiger partial charge in [-0.1, -0.05) is 42.0 Å². The molecule has 0 saturated heterocycles. The van der Waals surface area contributed by atoms with Gasteiger partial charge < -0.3 is 19.5 Å². The Labute approximate surface area is 152 Å². The lowest BCUT2D eigenvalue weighted by atomic mass is 9.84. The van der Waals surface area contributed by atoms with Crippen LogP contribution in [0.5, 0.6) is 0 Å². The average molecular weight is 357 g/mol. The van der Waals surface area contributed by atoms with Crippen LogP contribution in [0, 0.1) is 11.8 Å². The molecular formula is C20H23NO5. The van der Waals surface area contributed by atoms with Gasteiger partial charge in [-0.3, -0.25) is 0 Å². The third-order valence-electron chi connectivity index (χ3n) is 4.84. The van der Waals surface area contributed by atoms with Gasteiger partial charge in [-0.25, -0.2) is 9.59 Å². The maximum Gasteiger partial charge on any atom is 0.410 e. The zero-order valence-corrected chi connectivity index (χ0v) is 14.9. The fourth-order valence-electron chi connectivity index (χ4n) is 3.47. The van der Waals surface area contributed by atoms with Gasteiger partial charge in [0, 0.05) is 12.5 Å². The number of ether oxygens (including phenoxy) is 3. The molecule has 0 spiro atoms. The molecule has 1 aromatic carbocycles. The number of fused-ring (bicyclic) bond motifs is 1. The summed E-state index contributed by atoms with van der Waals surface area (Å²) in [6.07, 6.45) is 3.56. The molecule has 0 fully saturated rings. The molecule has 2 aliphatic rings. The number of carbonyl (C=O) groups is 2. The van der Waals surface area contributed by atoms with Crippen LogP contribution >= 0.6 is 0 Å². The van der Waals surface area contributed by atoms with E-state index in [0.717, 1.165) is 17.6 Å². The predicted molar refractivity (Wildman–Crippen MR) is 95.0 cm³/mol. The highest BCUT2D eigenvalue weighted by atomic mass is 16.7. The maximum absolute atomic E-state index is 12.1. The number of esters is 1. The third-order valence-corrected chi connectivity index (χ3v) is 4.84. The molecule has 6 heteroatoms. The Hall–Kier alpha value is -2.76. The molecule has 0 aromatic heterocycles. The van der Waals surface area contributed by atoms with E-state index in [0.29, 0.717) is 18.5 Å². The van der Waals surface area contributed by atoms with Crippen LogP contribution in [0.1, 0.15) is 18.9 Å². The van der Waals surface area contributed by atoms with E-state index in [9.17, 15) is 9.59 Å². The largest absolute Gasteiger partial charge is 0.466 e. The maximum atomic E-state index is 12.1. The number of hydrogen-bond donors (Lipinski definition) is 1. The Kier molecular flexibility index (Phi) is 5.61. The first-order valence-corrected chi connectivity index (χ1v) is 8.69. The van der Waals surface area contributed by atoms with E-state index in [1.807, 2.05) is 43.3 Å². The summed E-state index contributed by atoms with van der Waals surface area (Å²) in [4.78, 5) is 24.0. The SMILES string of the molecule is COC(=O)C1=COC(OC(=O)NCCc2ccccc2)C2C(C)=CCC12. The van der Waals surface area contributed by atoms with E-state index >= 15 is 0 Å². The highest BCUT2D eigenvalue weighted by molar-refractivity contribution is 5.89. The molecule has 0 saturated carbocycles. The summed E-state index contributed by atoms with van der Waals surface area (Å²) in [6.45, 7) is 2.43. The molecule has 1 aromatic rings. The van der Waals surface area contributed by atoms with Crippen molar-refractivity contribution in [2.45, 2.75) is 26.1 Å². The summed E-state index contributed by atoms with van der Waals surface area (Å²) >= 11 is 0. The standard InChI is InChI=1S/C20H23NO5/c1-13-8-9-15-16(18(22)24-2)12-25-19(17(13)15)26-20(23)21-11-10-14-6-4-3-5-7-14/h3-8,12,15,17,19H,9-11H2,1-2H3,(H,21,23). The number of carbonyl (C=O) groups excluding carboxylic acids is 2. The van der Waals surface area contributed by atoms with Crippen molar-refractivity contribution in [3.05, 3.63) is 59.4 Å². The van der Waals surface area contributed by atoms with E-state index in [1.54, 1.807) is 0 Å². The second-order valence-corrected chi connectivity index (χ2v) is 6.45. The van der Waals surface area contributed by atoms with Crippen LogP contribution in [0.15, 0.2) is 53.8 Å². The van der Waals surface area contributed by atoms with Crippen LogP contribution in [-0.4, -0.2) is 32.0 Å². The Balaban J connectivity index is 1.57. The van der Waals surface area contributed by atoms with Crippen LogP contribution in [0.2, 0.25) is 0 Å². The zero-order chi connectivity index (χ0) is 18.5. The monoisotopic (exact) mass is 357 g/mol. The second-order valence-electron chi connectivity index (χ2n) is 6.45. The molecule has 26 heavy (non-hydrogen) atoms. The molecule has 3 rings (SSSR count). The fourth-order valence-corrected chi connectivity index (χ4v) is 3.47. The quantitative estimate of drug-likeness (QED) is 0.648. The van der Waals surface area contributed by atoms with Crippen LogP contribution in [0.25, 0.3) is 0 Å². The summed E-state index contributed by atoms with van der Waals surface area (Å²) in [5.74, 6) is -0.666. The number of alkyl carbamates (subject to hydrolysis) is 1. The van der Waals surface area contributed by atoms with Gasteiger partial charge in [0.25, 0.3) is 6.29 Å². The molecule has 3 atom stereocenters. The number of rotatable bonds is 5. The van der Waals surface area contributed by atoms with Gasteiger partial charge in [0.15, 0.2) is 0 Å². The molecule has 138 valence electrons. The zero-order valence-electron chi connectivity index (χ0n) is 14.9. The lowest BCUT2D eigenvalue weighted by Gasteiger charge is -2.33. The average Bonchev–Trinajstić information content (AvgIpc) is 3.04. The summed E-state index contributed by atoms with van der Waals surface area (Å²) < 4.78 is 15.8. The van der Waals surface area contributed by atoms with Gasteiger partial charge in [-0.05, 0) is 25.3 Å². The van der Waals surface area contributed by atoms with E-state index in [2.05, 4.69) is 5.32 Å². The number of nitrogens with one attached hydrogen (secondary N) is 1. The van der Waals surface area contributed by atoms with Gasteiger partial charge in [-0.2, -0.15) is 0 Å². The van der Waals surface area contributed by atoms with E-state index in [-0.39, 0.29) is 11.8 Å². The van der Waals surface area contributed by atoms with E-state index in [1.165, 1.54) is 13.4 Å². The van der Waals surface area contributed by atoms with Gasteiger partial charge in [-0.15, -0.1) is 0 Å². The van der Waals surface area contributed by atoms with Crippen molar-refractivity contribution in [2.75, 3.05) is 13.7 Å². The smallest absolute Gasteiger partial charge is 0.410 e. The number of methoxy groups -OCH3 is 1. The van der Waals surface area contributed by atoms with Crippen molar-refractivity contribution < 1.29 is 23.8 Å². The second kappa shape index (κ2) is 8.08. The van der Waals surface area contributed by atoms with Gasteiger partial charge in [0.2, 0.25) is 0 Å². The number of benzene rings is 1. The van der Waals surface area contributed by atoms with Crippen LogP contribution in [0.4, 0.5) is 4.79 Å². The highest BCUT2D eigenvalue weighted by Gasteiger charge is 2.44. The minimum atomic E-state index is -0.746. The Morgan fingerprint density at radius 2 is 2.04 bits per heavy atom. The van der Waals surface area contributed by atoms with Crippen molar-refractivity contribution in [3.63, 3.8) is 0 Å². The molecular weight excluding hydrogens is 334 g/mol. The molecule has 0 radical (unpaired) electrons. The Morgan fingerprint density at radius 3 is 2.77 bits per heavy atom. The first-order chi connectivity index (χ1) is 12.6. The first-order valence-electron chi connectivity index (χ1n) is 8.69. The molecule has 1 heterocycles. The van der Waals surface area contributed by atoms with Crippen LogP contribution < -0.4 is 5.32 Å². The Bertz CT molecular complexity index is 725. The summed E-state index contributed by atoms with van der Waals surface area (Å²) in [5, 5.41) is 2.75. The van der Waals surface area contributed by atoms with Crippen molar-refractivity contribution in [3.8, 4) is 0 Å². The van der Waals surface area contributed by atoms with Gasteiger partial charge in [0.1, 0.15) is 0 Å². The van der Waals surface area contributed by atoms with Crippen molar-refractivity contribution in [2.24, 2.45) is 11.8 Å². The van der Waals surface area contributed by atoms with Crippen molar-refractivity contribution >= 4 is 12.1 Å². The van der Waals surface area contributed by atoms with Crippen LogP contribution in [0.3, 0.4) is 0 Å². The normalized spacial score (nSPS) is 23.8. The lowest BCUT2D eigenvalue weighted by Crippen LogP contribution is -2.40. The highest BCUT2D eigenvalue weighted by Crippen LogP contribution is 2.43. The molecule has 1 amide bonds. The third kappa shape index (κ3) is 3.90. The molecule has 1 N–H and O–H groups in total. The van der Waals surface area contributed by atoms with Gasteiger partial charge in [0.05, 0.1) is 24.9 Å². The molecule has 1 aliphatic carbocycles.